The number of aromatic nitrogens is 2. The summed E-state index contributed by atoms with van der Waals surface area (Å²) < 4.78 is 42.4. The van der Waals surface area contributed by atoms with E-state index in [-0.39, 0.29) is 16.5 Å². The average Bonchev–Trinajstić information content (AvgIpc) is 2.69. The van der Waals surface area contributed by atoms with Crippen LogP contribution in [0.25, 0.3) is 11.5 Å². The maximum Gasteiger partial charge on any atom is 0.417 e. The first kappa shape index (κ1) is 10.9. The molecule has 0 saturated carbocycles. The highest BCUT2D eigenvalue weighted by Crippen LogP contribution is 2.36. The van der Waals surface area contributed by atoms with Crippen molar-refractivity contribution in [3.63, 3.8) is 0 Å². The van der Waals surface area contributed by atoms with Gasteiger partial charge < -0.3 is 4.42 Å². The van der Waals surface area contributed by atoms with E-state index in [0.29, 0.717) is 0 Å². The third-order valence-electron chi connectivity index (χ3n) is 1.88. The smallest absolute Gasteiger partial charge is 0.417 e. The number of alkyl halides is 3. The standard InChI is InChI=1S/C9H4ClF3N2O/c10-7-2-1-5(8-15-14-4-16-8)3-6(7)9(11,12)13/h1-4H. The number of halogens is 4. The van der Waals surface area contributed by atoms with Crippen LogP contribution in [0.4, 0.5) is 13.2 Å². The van der Waals surface area contributed by atoms with Gasteiger partial charge in [-0.3, -0.25) is 0 Å². The highest BCUT2D eigenvalue weighted by atomic mass is 35.5. The van der Waals surface area contributed by atoms with Crippen LogP contribution in [0.3, 0.4) is 0 Å². The number of hydrogen-bond acceptors (Lipinski definition) is 3. The molecule has 0 spiro atoms. The Hall–Kier alpha value is -1.56. The second kappa shape index (κ2) is 3.79. The van der Waals surface area contributed by atoms with Crippen LogP contribution in [-0.4, -0.2) is 10.2 Å². The molecule has 0 radical (unpaired) electrons. The topological polar surface area (TPSA) is 38.9 Å². The minimum atomic E-state index is -4.51. The van der Waals surface area contributed by atoms with Gasteiger partial charge in [0, 0.05) is 5.56 Å². The predicted molar refractivity (Wildman–Crippen MR) is 49.7 cm³/mol. The molecule has 0 aliphatic carbocycles. The van der Waals surface area contributed by atoms with Gasteiger partial charge in [-0.15, -0.1) is 10.2 Å². The molecule has 3 nitrogen and oxygen atoms in total. The molecule has 2 rings (SSSR count). The first-order valence-corrected chi connectivity index (χ1v) is 4.49. The van der Waals surface area contributed by atoms with Crippen molar-refractivity contribution in [2.75, 3.05) is 0 Å². The fraction of sp³-hybridized carbons (Fsp3) is 0.111. The van der Waals surface area contributed by atoms with Gasteiger partial charge >= 0.3 is 6.18 Å². The average molecular weight is 249 g/mol. The maximum absolute atomic E-state index is 12.5. The van der Waals surface area contributed by atoms with Crippen molar-refractivity contribution in [2.45, 2.75) is 6.18 Å². The zero-order chi connectivity index (χ0) is 11.8. The van der Waals surface area contributed by atoms with Crippen molar-refractivity contribution in [3.8, 4) is 11.5 Å². The molecule has 0 atom stereocenters. The molecule has 16 heavy (non-hydrogen) atoms. The summed E-state index contributed by atoms with van der Waals surface area (Å²) in [4.78, 5) is 0. The molecule has 84 valence electrons. The van der Waals surface area contributed by atoms with E-state index in [1.54, 1.807) is 0 Å². The summed E-state index contributed by atoms with van der Waals surface area (Å²) in [7, 11) is 0. The summed E-state index contributed by atoms with van der Waals surface area (Å²) in [5.74, 6) is 0.0159. The minimum absolute atomic E-state index is 0.0159. The Kier molecular flexibility index (Phi) is 2.59. The second-order valence-electron chi connectivity index (χ2n) is 2.94. The molecule has 0 fully saturated rings. The lowest BCUT2D eigenvalue weighted by molar-refractivity contribution is -0.137. The summed E-state index contributed by atoms with van der Waals surface area (Å²) in [5, 5.41) is 6.53. The van der Waals surface area contributed by atoms with Crippen LogP contribution in [-0.2, 0) is 6.18 Å². The Morgan fingerprint density at radius 3 is 2.56 bits per heavy atom. The van der Waals surface area contributed by atoms with Gasteiger partial charge in [-0.05, 0) is 18.2 Å². The van der Waals surface area contributed by atoms with Gasteiger partial charge in [-0.1, -0.05) is 11.6 Å². The first-order valence-electron chi connectivity index (χ1n) is 4.12. The van der Waals surface area contributed by atoms with E-state index in [1.807, 2.05) is 0 Å². The third-order valence-corrected chi connectivity index (χ3v) is 2.21. The van der Waals surface area contributed by atoms with Crippen molar-refractivity contribution in [2.24, 2.45) is 0 Å². The molecule has 1 aromatic carbocycles. The highest BCUT2D eigenvalue weighted by molar-refractivity contribution is 6.31. The molecule has 0 unspecified atom stereocenters. The third kappa shape index (κ3) is 2.01. The number of rotatable bonds is 1. The van der Waals surface area contributed by atoms with E-state index in [2.05, 4.69) is 10.2 Å². The molecule has 0 N–H and O–H groups in total. The number of hydrogen-bond donors (Lipinski definition) is 0. The summed E-state index contributed by atoms with van der Waals surface area (Å²) in [6.07, 6.45) is -3.47. The van der Waals surface area contributed by atoms with Gasteiger partial charge in [0.1, 0.15) is 0 Å². The molecule has 0 aliphatic heterocycles. The Morgan fingerprint density at radius 1 is 1.25 bits per heavy atom. The summed E-state index contributed by atoms with van der Waals surface area (Å²) >= 11 is 5.46. The Balaban J connectivity index is 2.52. The van der Waals surface area contributed by atoms with Crippen LogP contribution >= 0.6 is 11.6 Å². The maximum atomic E-state index is 12.5. The van der Waals surface area contributed by atoms with Crippen LogP contribution < -0.4 is 0 Å². The molecular weight excluding hydrogens is 245 g/mol. The lowest BCUT2D eigenvalue weighted by atomic mass is 10.1. The molecule has 0 bridgehead atoms. The van der Waals surface area contributed by atoms with E-state index in [1.165, 1.54) is 6.07 Å². The monoisotopic (exact) mass is 248 g/mol. The highest BCUT2D eigenvalue weighted by Gasteiger charge is 2.33. The molecule has 1 heterocycles. The zero-order valence-corrected chi connectivity index (χ0v) is 8.38. The van der Waals surface area contributed by atoms with Crippen LogP contribution in [0.15, 0.2) is 29.0 Å². The van der Waals surface area contributed by atoms with E-state index >= 15 is 0 Å². The molecule has 0 aliphatic rings. The van der Waals surface area contributed by atoms with E-state index < -0.39 is 11.7 Å². The summed E-state index contributed by atoms with van der Waals surface area (Å²) in [6.45, 7) is 0. The molecule has 0 amide bonds. The molecule has 1 aromatic heterocycles. The predicted octanol–water partition coefficient (Wildman–Crippen LogP) is 3.41. The van der Waals surface area contributed by atoms with Crippen LogP contribution in [0.5, 0.6) is 0 Å². The van der Waals surface area contributed by atoms with Gasteiger partial charge in [-0.25, -0.2) is 0 Å². The number of nitrogens with zero attached hydrogens (tertiary/aromatic N) is 2. The van der Waals surface area contributed by atoms with Gasteiger partial charge in [0.15, 0.2) is 0 Å². The zero-order valence-electron chi connectivity index (χ0n) is 7.62. The summed E-state index contributed by atoms with van der Waals surface area (Å²) in [6, 6.07) is 3.39. The van der Waals surface area contributed by atoms with Crippen molar-refractivity contribution in [3.05, 3.63) is 35.2 Å². The minimum Gasteiger partial charge on any atom is -0.423 e. The van der Waals surface area contributed by atoms with E-state index in [9.17, 15) is 13.2 Å². The van der Waals surface area contributed by atoms with E-state index in [4.69, 9.17) is 16.0 Å². The lowest BCUT2D eigenvalue weighted by Crippen LogP contribution is -2.05. The van der Waals surface area contributed by atoms with Gasteiger partial charge in [0.05, 0.1) is 10.6 Å². The largest absolute Gasteiger partial charge is 0.423 e. The SMILES string of the molecule is FC(F)(F)c1cc(-c2nnco2)ccc1Cl. The van der Waals surface area contributed by atoms with Gasteiger partial charge in [0.25, 0.3) is 0 Å². The Labute approximate surface area is 92.9 Å². The van der Waals surface area contributed by atoms with Crippen molar-refractivity contribution in [1.29, 1.82) is 0 Å². The first-order chi connectivity index (χ1) is 7.48. The van der Waals surface area contributed by atoms with Crippen molar-refractivity contribution >= 4 is 11.6 Å². The van der Waals surface area contributed by atoms with Crippen LogP contribution in [0, 0.1) is 0 Å². The van der Waals surface area contributed by atoms with Gasteiger partial charge in [0.2, 0.25) is 12.3 Å². The molecule has 0 saturated heterocycles. The Morgan fingerprint density at radius 2 is 2.00 bits per heavy atom. The molecule has 2 aromatic rings. The normalized spacial score (nSPS) is 11.8. The van der Waals surface area contributed by atoms with E-state index in [0.717, 1.165) is 18.5 Å². The van der Waals surface area contributed by atoms with Crippen molar-refractivity contribution in [1.82, 2.24) is 10.2 Å². The molecule has 7 heteroatoms. The quantitative estimate of drug-likeness (QED) is 0.776. The fourth-order valence-electron chi connectivity index (χ4n) is 1.17. The van der Waals surface area contributed by atoms with Crippen molar-refractivity contribution < 1.29 is 17.6 Å². The Bertz CT molecular complexity index is 496. The fourth-order valence-corrected chi connectivity index (χ4v) is 1.40. The second-order valence-corrected chi connectivity index (χ2v) is 3.34. The van der Waals surface area contributed by atoms with Gasteiger partial charge in [-0.2, -0.15) is 13.2 Å². The molecular formula is C9H4ClF3N2O. The number of benzene rings is 1. The lowest BCUT2D eigenvalue weighted by Gasteiger charge is -2.09. The summed E-state index contributed by atoms with van der Waals surface area (Å²) in [5.41, 5.74) is -0.751. The van der Waals surface area contributed by atoms with Crippen LogP contribution in [0.1, 0.15) is 5.56 Å². The van der Waals surface area contributed by atoms with Crippen LogP contribution in [0.2, 0.25) is 5.02 Å².